The number of hydrogen-bond donors (Lipinski definition) is 3. The molecule has 0 bridgehead atoms. The zero-order valence-electron chi connectivity index (χ0n) is 14.7. The molecular formula is C16H17ClFN5O3S2. The van der Waals surface area contributed by atoms with Crippen molar-refractivity contribution in [1.82, 2.24) is 9.97 Å². The average Bonchev–Trinajstić information content (AvgIpc) is 3.06. The molecule has 12 heteroatoms. The van der Waals surface area contributed by atoms with E-state index in [2.05, 4.69) is 20.0 Å². The van der Waals surface area contributed by atoms with Crippen LogP contribution >= 0.6 is 23.4 Å². The van der Waals surface area contributed by atoms with Gasteiger partial charge in [0.1, 0.15) is 18.0 Å². The molecule has 8 nitrogen and oxygen atoms in total. The topological polar surface area (TPSA) is 127 Å². The van der Waals surface area contributed by atoms with Gasteiger partial charge in [-0.05, 0) is 18.6 Å². The van der Waals surface area contributed by atoms with Crippen molar-refractivity contribution in [1.29, 1.82) is 0 Å². The Morgan fingerprint density at radius 3 is 2.89 bits per heavy atom. The van der Waals surface area contributed by atoms with E-state index in [1.165, 1.54) is 24.2 Å². The number of thioether (sulfide) groups is 1. The summed E-state index contributed by atoms with van der Waals surface area (Å²) in [4.78, 5) is 21.3. The fourth-order valence-electron chi connectivity index (χ4n) is 2.69. The SMILES string of the molecule is CCCS(=O)(=O)Nc1ccc(F)c(NC(=O)C2CSc3c(N)ncnc32)c1Cl. The van der Waals surface area contributed by atoms with Crippen LogP contribution in [0.25, 0.3) is 0 Å². The molecule has 1 aliphatic heterocycles. The highest BCUT2D eigenvalue weighted by atomic mass is 35.5. The standard InChI is InChI=1S/C16H17ClFN5O3S2/c1-2-5-28(25,26)23-10-4-3-9(18)13(11(10)17)22-16(24)8-6-27-14-12(8)20-7-21-15(14)19/h3-4,7-8,23H,2,5-6H2,1H3,(H,22,24)(H2,19,20,21). The summed E-state index contributed by atoms with van der Waals surface area (Å²) < 4.78 is 40.5. The Kier molecular flexibility index (Phi) is 5.96. The van der Waals surface area contributed by atoms with Gasteiger partial charge in [-0.25, -0.2) is 22.8 Å². The number of hydrogen-bond acceptors (Lipinski definition) is 7. The van der Waals surface area contributed by atoms with Crippen LogP contribution < -0.4 is 15.8 Å². The molecule has 1 atom stereocenters. The third-order valence-corrected chi connectivity index (χ3v) is 7.05. The second-order valence-electron chi connectivity index (χ2n) is 6.03. The lowest BCUT2D eigenvalue weighted by molar-refractivity contribution is -0.117. The normalized spacial score (nSPS) is 15.9. The molecule has 4 N–H and O–H groups in total. The fraction of sp³-hybridized carbons (Fsp3) is 0.312. The van der Waals surface area contributed by atoms with Crippen molar-refractivity contribution >= 4 is 56.5 Å². The minimum absolute atomic E-state index is 0.0143. The number of nitrogen functional groups attached to an aromatic ring is 1. The van der Waals surface area contributed by atoms with E-state index >= 15 is 0 Å². The highest BCUT2D eigenvalue weighted by Gasteiger charge is 2.33. The number of aromatic nitrogens is 2. The van der Waals surface area contributed by atoms with E-state index in [0.717, 1.165) is 6.07 Å². The number of nitrogens with zero attached hydrogens (tertiary/aromatic N) is 2. The van der Waals surface area contributed by atoms with Gasteiger partial charge in [0.05, 0.1) is 38.7 Å². The molecule has 0 aliphatic carbocycles. The molecule has 1 aromatic heterocycles. The number of benzene rings is 1. The van der Waals surface area contributed by atoms with Crippen LogP contribution in [0.2, 0.25) is 5.02 Å². The van der Waals surface area contributed by atoms with E-state index < -0.39 is 27.7 Å². The summed E-state index contributed by atoms with van der Waals surface area (Å²) in [7, 11) is -3.63. The Morgan fingerprint density at radius 1 is 1.43 bits per heavy atom. The number of fused-ring (bicyclic) bond motifs is 1. The fourth-order valence-corrected chi connectivity index (χ4v) is 5.32. The zero-order valence-corrected chi connectivity index (χ0v) is 17.1. The summed E-state index contributed by atoms with van der Waals surface area (Å²) in [5.41, 5.74) is 5.94. The second kappa shape index (κ2) is 8.10. The molecule has 3 rings (SSSR count). The van der Waals surface area contributed by atoms with Crippen molar-refractivity contribution < 1.29 is 17.6 Å². The predicted octanol–water partition coefficient (Wildman–Crippen LogP) is 2.83. The maximum Gasteiger partial charge on any atom is 0.234 e. The van der Waals surface area contributed by atoms with Gasteiger partial charge < -0.3 is 11.1 Å². The van der Waals surface area contributed by atoms with Crippen LogP contribution in [0, 0.1) is 5.82 Å². The maximum atomic E-state index is 14.3. The number of nitrogens with one attached hydrogen (secondary N) is 2. The number of rotatable bonds is 6. The highest BCUT2D eigenvalue weighted by molar-refractivity contribution is 7.99. The van der Waals surface area contributed by atoms with E-state index in [0.29, 0.717) is 22.8 Å². The molecule has 28 heavy (non-hydrogen) atoms. The first-order valence-corrected chi connectivity index (χ1v) is 11.3. The lowest BCUT2D eigenvalue weighted by Crippen LogP contribution is -2.23. The minimum atomic E-state index is -3.63. The van der Waals surface area contributed by atoms with E-state index in [-0.39, 0.29) is 28.0 Å². The maximum absolute atomic E-state index is 14.3. The number of sulfonamides is 1. The minimum Gasteiger partial charge on any atom is -0.383 e. The first kappa shape index (κ1) is 20.6. The van der Waals surface area contributed by atoms with Crippen LogP contribution in [0.15, 0.2) is 23.4 Å². The average molecular weight is 446 g/mol. The summed E-state index contributed by atoms with van der Waals surface area (Å²) in [6.07, 6.45) is 1.67. The quantitative estimate of drug-likeness (QED) is 0.623. The molecule has 1 aromatic carbocycles. The zero-order chi connectivity index (χ0) is 20.5. The van der Waals surface area contributed by atoms with E-state index in [4.69, 9.17) is 17.3 Å². The Bertz CT molecular complexity index is 1040. The van der Waals surface area contributed by atoms with Crippen LogP contribution in [-0.2, 0) is 14.8 Å². The van der Waals surface area contributed by atoms with Gasteiger partial charge in [0.2, 0.25) is 15.9 Å². The molecule has 0 spiro atoms. The molecule has 1 unspecified atom stereocenters. The summed E-state index contributed by atoms with van der Waals surface area (Å²) in [5, 5.41) is 2.21. The molecule has 2 heterocycles. The number of amides is 1. The second-order valence-corrected chi connectivity index (χ2v) is 9.28. The van der Waals surface area contributed by atoms with Crippen LogP contribution in [0.3, 0.4) is 0 Å². The van der Waals surface area contributed by atoms with Crippen molar-refractivity contribution in [3.63, 3.8) is 0 Å². The number of nitrogens with two attached hydrogens (primary N) is 1. The van der Waals surface area contributed by atoms with Gasteiger partial charge in [-0.3, -0.25) is 9.52 Å². The van der Waals surface area contributed by atoms with Crippen LogP contribution in [-0.4, -0.2) is 35.8 Å². The number of carbonyl (C=O) groups excluding carboxylic acids is 1. The van der Waals surface area contributed by atoms with Crippen molar-refractivity contribution in [2.24, 2.45) is 0 Å². The molecule has 0 saturated heterocycles. The largest absolute Gasteiger partial charge is 0.383 e. The number of anilines is 3. The van der Waals surface area contributed by atoms with Gasteiger partial charge in [0.15, 0.2) is 0 Å². The van der Waals surface area contributed by atoms with Crippen molar-refractivity contribution in [3.8, 4) is 0 Å². The molecule has 0 radical (unpaired) electrons. The predicted molar refractivity (Wildman–Crippen MR) is 108 cm³/mol. The molecular weight excluding hydrogens is 429 g/mol. The van der Waals surface area contributed by atoms with E-state index in [1.54, 1.807) is 6.92 Å². The van der Waals surface area contributed by atoms with E-state index in [9.17, 15) is 17.6 Å². The van der Waals surface area contributed by atoms with Gasteiger partial charge >= 0.3 is 0 Å². The lowest BCUT2D eigenvalue weighted by Gasteiger charge is -2.16. The molecule has 1 amide bonds. The lowest BCUT2D eigenvalue weighted by atomic mass is 10.1. The van der Waals surface area contributed by atoms with Gasteiger partial charge in [-0.15, -0.1) is 11.8 Å². The molecule has 2 aromatic rings. The van der Waals surface area contributed by atoms with Crippen LogP contribution in [0.1, 0.15) is 25.0 Å². The third kappa shape index (κ3) is 4.15. The monoisotopic (exact) mass is 445 g/mol. The summed E-state index contributed by atoms with van der Waals surface area (Å²) in [6, 6.07) is 2.23. The number of carbonyl (C=O) groups is 1. The van der Waals surface area contributed by atoms with Gasteiger partial charge in [0, 0.05) is 5.75 Å². The van der Waals surface area contributed by atoms with Crippen LogP contribution in [0.5, 0.6) is 0 Å². The number of halogens is 2. The Labute approximate surface area is 170 Å². The Balaban J connectivity index is 1.86. The van der Waals surface area contributed by atoms with Gasteiger partial charge in [-0.1, -0.05) is 18.5 Å². The van der Waals surface area contributed by atoms with Crippen molar-refractivity contribution in [2.75, 3.05) is 27.3 Å². The van der Waals surface area contributed by atoms with Gasteiger partial charge in [0.25, 0.3) is 0 Å². The molecule has 150 valence electrons. The smallest absolute Gasteiger partial charge is 0.234 e. The summed E-state index contributed by atoms with van der Waals surface area (Å²) in [5.74, 6) is -1.45. The summed E-state index contributed by atoms with van der Waals surface area (Å²) >= 11 is 7.50. The Morgan fingerprint density at radius 2 is 2.18 bits per heavy atom. The van der Waals surface area contributed by atoms with E-state index in [1.807, 2.05) is 0 Å². The highest BCUT2D eigenvalue weighted by Crippen LogP contribution is 2.42. The summed E-state index contributed by atoms with van der Waals surface area (Å²) in [6.45, 7) is 1.71. The molecule has 1 aliphatic rings. The first-order chi connectivity index (χ1) is 13.2. The van der Waals surface area contributed by atoms with Gasteiger partial charge in [-0.2, -0.15) is 0 Å². The Hall–Kier alpha value is -2.11. The van der Waals surface area contributed by atoms with Crippen LogP contribution in [0.4, 0.5) is 21.6 Å². The van der Waals surface area contributed by atoms with Crippen molar-refractivity contribution in [3.05, 3.63) is 35.0 Å². The molecule has 0 saturated carbocycles. The third-order valence-electron chi connectivity index (χ3n) is 3.98. The molecule has 0 fully saturated rings. The first-order valence-electron chi connectivity index (χ1n) is 8.26. The van der Waals surface area contributed by atoms with Crippen molar-refractivity contribution in [2.45, 2.75) is 24.2 Å².